The van der Waals surface area contributed by atoms with Crippen LogP contribution in [-0.2, 0) is 0 Å². The van der Waals surface area contributed by atoms with Crippen LogP contribution in [0.15, 0.2) is 24.3 Å². The Hall–Kier alpha value is -3.14. The number of nitriles is 1. The highest BCUT2D eigenvalue weighted by Crippen LogP contribution is 2.18. The van der Waals surface area contributed by atoms with Gasteiger partial charge in [-0.05, 0) is 23.8 Å². The van der Waals surface area contributed by atoms with E-state index >= 15 is 0 Å². The number of benzene rings is 1. The second-order valence-electron chi connectivity index (χ2n) is 4.47. The van der Waals surface area contributed by atoms with Crippen LogP contribution in [0.3, 0.4) is 0 Å². The van der Waals surface area contributed by atoms with Gasteiger partial charge in [0.1, 0.15) is 11.8 Å². The zero-order valence-electron chi connectivity index (χ0n) is 11.6. The molecule has 0 saturated heterocycles. The van der Waals surface area contributed by atoms with E-state index in [-0.39, 0.29) is 23.1 Å². The summed E-state index contributed by atoms with van der Waals surface area (Å²) in [7, 11) is 3.54. The molecule has 106 valence electrons. The summed E-state index contributed by atoms with van der Waals surface area (Å²) in [6.07, 6.45) is 1.62. The number of aromatic nitrogens is 3. The first-order chi connectivity index (χ1) is 9.99. The van der Waals surface area contributed by atoms with Gasteiger partial charge in [0.2, 0.25) is 11.9 Å². The number of anilines is 2. The standard InChI is InChI=1S/C14H14N6O/c1-20(2)14-18-12(17-13(16)19-14)10(8-15)7-9-3-5-11(21)6-4-9/h3-7,21H,1-2H3,(H2,16,17,18,19)/b10-7+. The summed E-state index contributed by atoms with van der Waals surface area (Å²) < 4.78 is 0. The number of hydrogen-bond acceptors (Lipinski definition) is 7. The minimum Gasteiger partial charge on any atom is -0.508 e. The molecule has 1 aromatic carbocycles. The van der Waals surface area contributed by atoms with Gasteiger partial charge < -0.3 is 15.7 Å². The molecular weight excluding hydrogens is 268 g/mol. The largest absolute Gasteiger partial charge is 0.508 e. The second-order valence-corrected chi connectivity index (χ2v) is 4.47. The second kappa shape index (κ2) is 5.88. The molecular formula is C14H14N6O. The number of phenolic OH excluding ortho intramolecular Hbond substituents is 1. The van der Waals surface area contributed by atoms with E-state index in [0.29, 0.717) is 5.95 Å². The molecule has 7 nitrogen and oxygen atoms in total. The first-order valence-electron chi connectivity index (χ1n) is 6.09. The zero-order valence-corrected chi connectivity index (χ0v) is 11.6. The molecule has 0 bridgehead atoms. The van der Waals surface area contributed by atoms with E-state index in [4.69, 9.17) is 5.73 Å². The van der Waals surface area contributed by atoms with Crippen molar-refractivity contribution in [2.45, 2.75) is 0 Å². The highest BCUT2D eigenvalue weighted by molar-refractivity contribution is 5.87. The van der Waals surface area contributed by atoms with Crippen LogP contribution in [0.25, 0.3) is 11.6 Å². The number of allylic oxidation sites excluding steroid dienone is 1. The van der Waals surface area contributed by atoms with Gasteiger partial charge in [0.15, 0.2) is 5.82 Å². The SMILES string of the molecule is CN(C)c1nc(N)nc(/C(C#N)=C/c2ccc(O)cc2)n1. The Bertz CT molecular complexity index is 715. The number of nitrogens with zero attached hydrogens (tertiary/aromatic N) is 5. The van der Waals surface area contributed by atoms with Crippen LogP contribution in [0.5, 0.6) is 5.75 Å². The molecule has 0 radical (unpaired) electrons. The molecule has 0 aliphatic rings. The monoisotopic (exact) mass is 282 g/mol. The molecule has 7 heteroatoms. The zero-order chi connectivity index (χ0) is 15.4. The topological polar surface area (TPSA) is 112 Å². The maximum absolute atomic E-state index is 9.29. The lowest BCUT2D eigenvalue weighted by Crippen LogP contribution is -2.15. The molecule has 0 aliphatic carbocycles. The van der Waals surface area contributed by atoms with Crippen molar-refractivity contribution >= 4 is 23.5 Å². The van der Waals surface area contributed by atoms with Crippen molar-refractivity contribution in [1.29, 1.82) is 5.26 Å². The van der Waals surface area contributed by atoms with E-state index in [1.165, 1.54) is 12.1 Å². The molecule has 21 heavy (non-hydrogen) atoms. The number of nitrogens with two attached hydrogens (primary N) is 1. The Morgan fingerprint density at radius 2 is 1.90 bits per heavy atom. The van der Waals surface area contributed by atoms with Crippen LogP contribution in [-0.4, -0.2) is 34.2 Å². The van der Waals surface area contributed by atoms with Crippen molar-refractivity contribution in [1.82, 2.24) is 15.0 Å². The van der Waals surface area contributed by atoms with Crippen LogP contribution in [0.4, 0.5) is 11.9 Å². The fourth-order valence-electron chi connectivity index (χ4n) is 1.59. The number of hydrogen-bond donors (Lipinski definition) is 2. The Labute approximate surface area is 122 Å². The minimum absolute atomic E-state index is 0.0514. The van der Waals surface area contributed by atoms with Crippen molar-refractivity contribution in [2.75, 3.05) is 24.7 Å². The predicted octanol–water partition coefficient (Wildman–Crippen LogP) is 1.29. The summed E-state index contributed by atoms with van der Waals surface area (Å²) in [5, 5.41) is 18.6. The molecule has 0 fully saturated rings. The first-order valence-corrected chi connectivity index (χ1v) is 6.09. The lowest BCUT2D eigenvalue weighted by molar-refractivity contribution is 0.475. The maximum Gasteiger partial charge on any atom is 0.230 e. The number of nitrogen functional groups attached to an aromatic ring is 1. The van der Waals surface area contributed by atoms with E-state index in [9.17, 15) is 10.4 Å². The predicted molar refractivity (Wildman–Crippen MR) is 80.2 cm³/mol. The third-order valence-electron chi connectivity index (χ3n) is 2.61. The van der Waals surface area contributed by atoms with E-state index in [1.54, 1.807) is 37.2 Å². The normalized spacial score (nSPS) is 11.0. The summed E-state index contributed by atoms with van der Waals surface area (Å²) in [4.78, 5) is 13.8. The Kier molecular flexibility index (Phi) is 4.00. The van der Waals surface area contributed by atoms with Crippen LogP contribution in [0, 0.1) is 11.3 Å². The van der Waals surface area contributed by atoms with Crippen LogP contribution in [0.1, 0.15) is 11.4 Å². The van der Waals surface area contributed by atoms with Gasteiger partial charge in [-0.3, -0.25) is 0 Å². The molecule has 0 saturated carbocycles. The average Bonchev–Trinajstić information content (AvgIpc) is 2.46. The fourth-order valence-corrected chi connectivity index (χ4v) is 1.59. The summed E-state index contributed by atoms with van der Waals surface area (Å²) in [6.45, 7) is 0. The van der Waals surface area contributed by atoms with E-state index in [1.807, 2.05) is 6.07 Å². The first kappa shape index (κ1) is 14.3. The molecule has 0 aliphatic heterocycles. The summed E-state index contributed by atoms with van der Waals surface area (Å²) in [5.74, 6) is 0.798. The van der Waals surface area contributed by atoms with Crippen LogP contribution >= 0.6 is 0 Å². The molecule has 0 atom stereocenters. The van der Waals surface area contributed by atoms with Crippen molar-refractivity contribution in [2.24, 2.45) is 0 Å². The minimum atomic E-state index is 0.0514. The third kappa shape index (κ3) is 3.45. The smallest absolute Gasteiger partial charge is 0.230 e. The average molecular weight is 282 g/mol. The van der Waals surface area contributed by atoms with Gasteiger partial charge in [0.25, 0.3) is 0 Å². The highest BCUT2D eigenvalue weighted by Gasteiger charge is 2.10. The number of aromatic hydroxyl groups is 1. The summed E-state index contributed by atoms with van der Waals surface area (Å²) >= 11 is 0. The molecule has 2 rings (SSSR count). The lowest BCUT2D eigenvalue weighted by atomic mass is 10.1. The summed E-state index contributed by atoms with van der Waals surface area (Å²) in [5.41, 5.74) is 6.65. The van der Waals surface area contributed by atoms with Gasteiger partial charge in [-0.15, -0.1) is 0 Å². The Balaban J connectivity index is 2.46. The van der Waals surface area contributed by atoms with E-state index < -0.39 is 0 Å². The van der Waals surface area contributed by atoms with Crippen LogP contribution < -0.4 is 10.6 Å². The van der Waals surface area contributed by atoms with E-state index in [2.05, 4.69) is 15.0 Å². The lowest BCUT2D eigenvalue weighted by Gasteiger charge is -2.10. The van der Waals surface area contributed by atoms with Crippen molar-refractivity contribution < 1.29 is 5.11 Å². The molecule has 1 aromatic heterocycles. The van der Waals surface area contributed by atoms with E-state index in [0.717, 1.165) is 5.56 Å². The van der Waals surface area contributed by atoms with Gasteiger partial charge >= 0.3 is 0 Å². The van der Waals surface area contributed by atoms with Crippen LogP contribution in [0.2, 0.25) is 0 Å². The number of phenols is 1. The van der Waals surface area contributed by atoms with Gasteiger partial charge in [0.05, 0.1) is 5.57 Å². The molecule has 3 N–H and O–H groups in total. The van der Waals surface area contributed by atoms with Crippen molar-refractivity contribution in [3.8, 4) is 11.8 Å². The molecule has 0 spiro atoms. The van der Waals surface area contributed by atoms with Crippen molar-refractivity contribution in [3.63, 3.8) is 0 Å². The van der Waals surface area contributed by atoms with Gasteiger partial charge in [-0.25, -0.2) is 0 Å². The van der Waals surface area contributed by atoms with Crippen molar-refractivity contribution in [3.05, 3.63) is 35.7 Å². The quantitative estimate of drug-likeness (QED) is 0.815. The van der Waals surface area contributed by atoms with Gasteiger partial charge in [-0.2, -0.15) is 20.2 Å². The van der Waals surface area contributed by atoms with Gasteiger partial charge in [0, 0.05) is 14.1 Å². The molecule has 0 amide bonds. The maximum atomic E-state index is 9.29. The third-order valence-corrected chi connectivity index (χ3v) is 2.61. The number of rotatable bonds is 3. The summed E-state index contributed by atoms with van der Waals surface area (Å²) in [6, 6.07) is 8.49. The fraction of sp³-hybridized carbons (Fsp3) is 0.143. The van der Waals surface area contributed by atoms with Gasteiger partial charge in [-0.1, -0.05) is 12.1 Å². The highest BCUT2D eigenvalue weighted by atomic mass is 16.3. The molecule has 1 heterocycles. The Morgan fingerprint density at radius 1 is 1.24 bits per heavy atom. The Morgan fingerprint density at radius 3 is 2.48 bits per heavy atom. The molecule has 0 unspecified atom stereocenters. The molecule has 2 aromatic rings.